The summed E-state index contributed by atoms with van der Waals surface area (Å²) >= 11 is 0. The molecule has 0 bridgehead atoms. The van der Waals surface area contributed by atoms with E-state index in [1.54, 1.807) is 0 Å². The Morgan fingerprint density at radius 2 is 0.857 bits per heavy atom. The van der Waals surface area contributed by atoms with E-state index in [1.165, 1.54) is 0 Å². The van der Waals surface area contributed by atoms with Crippen LogP contribution in [-0.4, -0.2) is 52.4 Å². The van der Waals surface area contributed by atoms with Gasteiger partial charge in [0.25, 0.3) is 0 Å². The van der Waals surface area contributed by atoms with Crippen molar-refractivity contribution in [1.29, 1.82) is 0 Å². The third kappa shape index (κ3) is 14.8. The fourth-order valence-electron chi connectivity index (χ4n) is 0.933. The van der Waals surface area contributed by atoms with Gasteiger partial charge in [-0.3, -0.25) is 0 Å². The first kappa shape index (κ1) is 16.7. The first-order chi connectivity index (χ1) is 6.41. The third-order valence-electron chi connectivity index (χ3n) is 1.60. The number of rotatable bonds is 10. The molecule has 0 fully saturated rings. The van der Waals surface area contributed by atoms with Crippen LogP contribution in [0.15, 0.2) is 0 Å². The van der Waals surface area contributed by atoms with Crippen molar-refractivity contribution in [1.82, 2.24) is 16.0 Å². The summed E-state index contributed by atoms with van der Waals surface area (Å²) in [5.74, 6) is 0. The van der Waals surface area contributed by atoms with E-state index < -0.39 is 0 Å². The summed E-state index contributed by atoms with van der Waals surface area (Å²) in [6.07, 6.45) is 0. The zero-order valence-electron chi connectivity index (χ0n) is 8.61. The molecule has 0 aliphatic carbocycles. The van der Waals surface area contributed by atoms with Crippen molar-refractivity contribution in [3.63, 3.8) is 0 Å². The molecule has 0 saturated heterocycles. The minimum atomic E-state index is 0. The molecule has 0 atom stereocenters. The van der Waals surface area contributed by atoms with Crippen LogP contribution in [0.25, 0.3) is 0 Å². The fraction of sp³-hybridized carbons (Fsp3) is 1.00. The van der Waals surface area contributed by atoms with Gasteiger partial charge in [-0.1, -0.05) is 0 Å². The van der Waals surface area contributed by atoms with Gasteiger partial charge < -0.3 is 27.4 Å². The quantitative estimate of drug-likeness (QED) is 0.222. The Balaban J connectivity index is 0. The molecule has 0 aromatic rings. The molecule has 1 radical (unpaired) electrons. The summed E-state index contributed by atoms with van der Waals surface area (Å²) in [7, 11) is 0. The van der Waals surface area contributed by atoms with Gasteiger partial charge in [0.15, 0.2) is 0 Å². The molecule has 7 N–H and O–H groups in total. The topological polar surface area (TPSA) is 88.1 Å². The number of nitrogens with one attached hydrogen (secondary N) is 3. The van der Waals surface area contributed by atoms with E-state index in [-0.39, 0.29) is 17.1 Å². The first-order valence-electron chi connectivity index (χ1n) is 4.94. The number of hydrogen-bond acceptors (Lipinski definition) is 5. The van der Waals surface area contributed by atoms with Gasteiger partial charge in [-0.15, -0.1) is 0 Å². The zero-order valence-corrected chi connectivity index (χ0v) is 9.55. The van der Waals surface area contributed by atoms with Crippen molar-refractivity contribution in [2.45, 2.75) is 0 Å². The average Bonchev–Trinajstić information content (AvgIpc) is 2.16. The second-order valence-electron chi connectivity index (χ2n) is 2.83. The molecule has 0 spiro atoms. The van der Waals surface area contributed by atoms with Crippen LogP contribution in [0.5, 0.6) is 0 Å². The van der Waals surface area contributed by atoms with Crippen LogP contribution < -0.4 is 27.4 Å². The Hall–Kier alpha value is 0.319. The molecule has 0 saturated carbocycles. The van der Waals surface area contributed by atoms with E-state index in [0.717, 1.165) is 39.3 Å². The van der Waals surface area contributed by atoms with Crippen molar-refractivity contribution in [2.24, 2.45) is 11.5 Å². The van der Waals surface area contributed by atoms with Crippen LogP contribution in [0.1, 0.15) is 0 Å². The molecule has 0 aliphatic rings. The van der Waals surface area contributed by atoms with Crippen molar-refractivity contribution in [3.05, 3.63) is 0 Å². The van der Waals surface area contributed by atoms with E-state index in [2.05, 4.69) is 16.0 Å². The summed E-state index contributed by atoms with van der Waals surface area (Å²) in [5, 5.41) is 9.71. The average molecular weight is 253 g/mol. The van der Waals surface area contributed by atoms with Gasteiger partial charge in [0.2, 0.25) is 0 Å². The maximum Gasteiger partial charge on any atom is 0.00772 e. The maximum atomic E-state index is 5.32. The predicted molar refractivity (Wildman–Crippen MR) is 56.7 cm³/mol. The van der Waals surface area contributed by atoms with Gasteiger partial charge in [-0.25, -0.2) is 0 Å². The summed E-state index contributed by atoms with van der Waals surface area (Å²) in [6, 6.07) is 0. The molecule has 0 rings (SSSR count). The monoisotopic (exact) mass is 252 g/mol. The van der Waals surface area contributed by atoms with Crippen LogP contribution in [0.2, 0.25) is 0 Å². The number of nitrogens with two attached hydrogens (primary N) is 2. The second-order valence-corrected chi connectivity index (χ2v) is 2.83. The minimum Gasteiger partial charge on any atom is -0.329 e. The number of hydrogen-bond donors (Lipinski definition) is 5. The Labute approximate surface area is 97.2 Å². The van der Waals surface area contributed by atoms with Gasteiger partial charge in [-0.2, -0.15) is 0 Å². The van der Waals surface area contributed by atoms with Crippen molar-refractivity contribution < 1.29 is 17.1 Å². The first-order valence-corrected chi connectivity index (χ1v) is 4.94. The Morgan fingerprint density at radius 1 is 0.571 bits per heavy atom. The van der Waals surface area contributed by atoms with E-state index in [4.69, 9.17) is 11.5 Å². The maximum absolute atomic E-state index is 5.32. The van der Waals surface area contributed by atoms with Crippen LogP contribution in [-0.2, 0) is 17.1 Å². The second kappa shape index (κ2) is 15.8. The zero-order chi connectivity index (χ0) is 9.78. The van der Waals surface area contributed by atoms with Crippen LogP contribution in [0, 0.1) is 0 Å². The molecule has 91 valence electrons. The summed E-state index contributed by atoms with van der Waals surface area (Å²) in [5.41, 5.74) is 10.6. The molecule has 0 aromatic heterocycles. The SMILES string of the molecule is NCCNCCNCCNCCN.[Cu]. The van der Waals surface area contributed by atoms with Crippen LogP contribution >= 0.6 is 0 Å². The third-order valence-corrected chi connectivity index (χ3v) is 1.60. The van der Waals surface area contributed by atoms with Gasteiger partial charge in [0.1, 0.15) is 0 Å². The van der Waals surface area contributed by atoms with Gasteiger partial charge in [0.05, 0.1) is 0 Å². The van der Waals surface area contributed by atoms with Gasteiger partial charge >= 0.3 is 0 Å². The molecule has 0 aromatic carbocycles. The smallest absolute Gasteiger partial charge is 0.00772 e. The fourth-order valence-corrected chi connectivity index (χ4v) is 0.933. The van der Waals surface area contributed by atoms with Crippen LogP contribution in [0.3, 0.4) is 0 Å². The van der Waals surface area contributed by atoms with E-state index in [9.17, 15) is 0 Å². The Bertz CT molecular complexity index is 83.8. The Morgan fingerprint density at radius 3 is 1.14 bits per heavy atom. The normalized spacial score (nSPS) is 9.86. The van der Waals surface area contributed by atoms with Gasteiger partial charge in [0, 0.05) is 69.4 Å². The van der Waals surface area contributed by atoms with E-state index >= 15 is 0 Å². The molecule has 0 aliphatic heterocycles. The molecular weight excluding hydrogens is 230 g/mol. The van der Waals surface area contributed by atoms with Crippen molar-refractivity contribution in [2.75, 3.05) is 52.4 Å². The van der Waals surface area contributed by atoms with Crippen molar-refractivity contribution in [3.8, 4) is 0 Å². The summed E-state index contributed by atoms with van der Waals surface area (Å²) in [6.45, 7) is 7.15. The summed E-state index contributed by atoms with van der Waals surface area (Å²) in [4.78, 5) is 0. The van der Waals surface area contributed by atoms with Gasteiger partial charge in [-0.05, 0) is 0 Å². The molecule has 5 nitrogen and oxygen atoms in total. The largest absolute Gasteiger partial charge is 0.329 e. The molecule has 14 heavy (non-hydrogen) atoms. The molecule has 0 amide bonds. The molecule has 0 unspecified atom stereocenters. The molecule has 6 heteroatoms. The molecule has 0 heterocycles. The molecular formula is C8H23CuN5. The van der Waals surface area contributed by atoms with Crippen molar-refractivity contribution >= 4 is 0 Å². The standard InChI is InChI=1S/C8H23N5.Cu/c9-1-3-11-5-7-13-8-6-12-4-2-10;/h11-13H,1-10H2;. The van der Waals surface area contributed by atoms with Crippen LogP contribution in [0.4, 0.5) is 0 Å². The predicted octanol–water partition coefficient (Wildman–Crippen LogP) is -2.33. The Kier molecular flexibility index (Phi) is 18.9. The van der Waals surface area contributed by atoms with E-state index in [0.29, 0.717) is 13.1 Å². The minimum absolute atomic E-state index is 0. The van der Waals surface area contributed by atoms with E-state index in [1.807, 2.05) is 0 Å². The summed E-state index contributed by atoms with van der Waals surface area (Å²) < 4.78 is 0.